The molecule has 1 heterocycles. The first kappa shape index (κ1) is 15.7. The normalized spacial score (nSPS) is 20.1. The highest BCUT2D eigenvalue weighted by atomic mass is 35.5. The summed E-state index contributed by atoms with van der Waals surface area (Å²) < 4.78 is 23.3. The maximum absolute atomic E-state index is 12.0. The first-order valence-corrected chi connectivity index (χ1v) is 8.34. The molecule has 1 aromatic rings. The van der Waals surface area contributed by atoms with Crippen molar-refractivity contribution < 1.29 is 18.1 Å². The molecule has 0 aromatic heterocycles. The molecule has 1 aromatic carbocycles. The molecule has 1 amide bonds. The van der Waals surface area contributed by atoms with E-state index in [-0.39, 0.29) is 28.6 Å². The summed E-state index contributed by atoms with van der Waals surface area (Å²) in [4.78, 5) is 21.9. The van der Waals surface area contributed by atoms with Gasteiger partial charge in [0, 0.05) is 18.7 Å². The second kappa shape index (κ2) is 5.98. The van der Waals surface area contributed by atoms with E-state index in [4.69, 9.17) is 11.6 Å². The molecule has 0 aliphatic carbocycles. The van der Waals surface area contributed by atoms with Crippen LogP contribution >= 0.6 is 11.6 Å². The summed E-state index contributed by atoms with van der Waals surface area (Å²) in [5.41, 5.74) is -0.132. The van der Waals surface area contributed by atoms with Crippen LogP contribution in [0, 0.1) is 10.1 Å². The number of nitro groups is 1. The number of benzene rings is 1. The van der Waals surface area contributed by atoms with Gasteiger partial charge in [0.05, 0.1) is 26.5 Å². The number of nitrogens with zero attached hydrogens (tertiary/aromatic N) is 1. The number of rotatable bonds is 4. The highest BCUT2D eigenvalue weighted by Gasteiger charge is 2.31. The highest BCUT2D eigenvalue weighted by molar-refractivity contribution is 7.92. The number of hydrogen-bond donors (Lipinski definition) is 1. The number of hydrogen-bond acceptors (Lipinski definition) is 5. The predicted molar refractivity (Wildman–Crippen MR) is 77.2 cm³/mol. The topological polar surface area (TPSA) is 106 Å². The van der Waals surface area contributed by atoms with Crippen LogP contribution in [0.25, 0.3) is 0 Å². The average molecular weight is 333 g/mol. The first-order valence-electron chi connectivity index (χ1n) is 6.25. The number of nitrogens with one attached hydrogen (secondary N) is 1. The van der Waals surface area contributed by atoms with E-state index in [9.17, 15) is 23.3 Å². The van der Waals surface area contributed by atoms with Gasteiger partial charge in [-0.3, -0.25) is 14.9 Å². The van der Waals surface area contributed by atoms with E-state index in [1.165, 1.54) is 12.1 Å². The standard InChI is InChI=1S/C12H13ClN2O5S/c13-11-6-8(15(17)18)3-4-10(11)12(16)14-7-9-2-1-5-21(9,19)20/h3-4,6,9H,1-2,5,7H2,(H,14,16). The van der Waals surface area contributed by atoms with E-state index in [2.05, 4.69) is 5.32 Å². The van der Waals surface area contributed by atoms with Crippen molar-refractivity contribution in [3.63, 3.8) is 0 Å². The molecular weight excluding hydrogens is 320 g/mol. The van der Waals surface area contributed by atoms with Crippen LogP contribution in [0.5, 0.6) is 0 Å². The summed E-state index contributed by atoms with van der Waals surface area (Å²) in [5.74, 6) is -0.400. The Labute approximate surface area is 126 Å². The second-order valence-electron chi connectivity index (χ2n) is 4.76. The molecule has 21 heavy (non-hydrogen) atoms. The molecule has 9 heteroatoms. The molecule has 1 aliphatic heterocycles. The maximum atomic E-state index is 12.0. The first-order chi connectivity index (χ1) is 9.81. The molecule has 1 saturated heterocycles. The molecule has 1 unspecified atom stereocenters. The fraction of sp³-hybridized carbons (Fsp3) is 0.417. The quantitative estimate of drug-likeness (QED) is 0.665. The summed E-state index contributed by atoms with van der Waals surface area (Å²) in [7, 11) is -3.13. The van der Waals surface area contributed by atoms with Crippen LogP contribution in [-0.4, -0.2) is 36.8 Å². The molecule has 0 spiro atoms. The number of carbonyl (C=O) groups is 1. The van der Waals surface area contributed by atoms with Crippen molar-refractivity contribution in [1.29, 1.82) is 0 Å². The molecule has 1 atom stereocenters. The molecular formula is C12H13ClN2O5S. The monoisotopic (exact) mass is 332 g/mol. The lowest BCUT2D eigenvalue weighted by atomic mass is 10.2. The Balaban J connectivity index is 2.06. The van der Waals surface area contributed by atoms with Gasteiger partial charge < -0.3 is 5.32 Å². The minimum absolute atomic E-state index is 0.0223. The lowest BCUT2D eigenvalue weighted by molar-refractivity contribution is -0.384. The van der Waals surface area contributed by atoms with Gasteiger partial charge in [0.1, 0.15) is 0 Å². The van der Waals surface area contributed by atoms with Crippen molar-refractivity contribution in [2.24, 2.45) is 0 Å². The minimum atomic E-state index is -3.13. The van der Waals surface area contributed by atoms with Crippen LogP contribution in [0.3, 0.4) is 0 Å². The fourth-order valence-corrected chi connectivity index (χ4v) is 4.22. The zero-order valence-electron chi connectivity index (χ0n) is 10.9. The van der Waals surface area contributed by atoms with E-state index >= 15 is 0 Å². The van der Waals surface area contributed by atoms with Gasteiger partial charge in [-0.15, -0.1) is 0 Å². The van der Waals surface area contributed by atoms with Crippen LogP contribution in [0.2, 0.25) is 5.02 Å². The van der Waals surface area contributed by atoms with E-state index < -0.39 is 25.9 Å². The van der Waals surface area contributed by atoms with Crippen molar-refractivity contribution in [2.45, 2.75) is 18.1 Å². The van der Waals surface area contributed by atoms with Crippen molar-refractivity contribution in [2.75, 3.05) is 12.3 Å². The molecule has 1 N–H and O–H groups in total. The van der Waals surface area contributed by atoms with Gasteiger partial charge in [-0.1, -0.05) is 11.6 Å². The van der Waals surface area contributed by atoms with Crippen LogP contribution in [0.4, 0.5) is 5.69 Å². The van der Waals surface area contributed by atoms with Gasteiger partial charge >= 0.3 is 0 Å². The Morgan fingerprint density at radius 2 is 2.19 bits per heavy atom. The fourth-order valence-electron chi connectivity index (χ4n) is 2.19. The van der Waals surface area contributed by atoms with E-state index in [0.717, 1.165) is 6.07 Å². The molecule has 0 radical (unpaired) electrons. The SMILES string of the molecule is O=C(NCC1CCCS1(=O)=O)c1ccc([N+](=O)[O-])cc1Cl. The lowest BCUT2D eigenvalue weighted by Crippen LogP contribution is -2.34. The van der Waals surface area contributed by atoms with Gasteiger partial charge in [-0.05, 0) is 18.9 Å². The molecule has 1 aliphatic rings. The van der Waals surface area contributed by atoms with E-state index in [0.29, 0.717) is 12.8 Å². The molecule has 7 nitrogen and oxygen atoms in total. The predicted octanol–water partition coefficient (Wildman–Crippen LogP) is 1.56. The minimum Gasteiger partial charge on any atom is -0.351 e. The summed E-state index contributed by atoms with van der Waals surface area (Å²) in [6, 6.07) is 3.51. The van der Waals surface area contributed by atoms with Crippen LogP contribution in [-0.2, 0) is 9.84 Å². The summed E-state index contributed by atoms with van der Waals surface area (Å²) in [6.07, 6.45) is 1.12. The number of halogens is 1. The van der Waals surface area contributed by atoms with Crippen molar-refractivity contribution >= 4 is 33.0 Å². The Hall–Kier alpha value is -1.67. The zero-order valence-corrected chi connectivity index (χ0v) is 12.5. The molecule has 0 bridgehead atoms. The summed E-state index contributed by atoms with van der Waals surface area (Å²) in [5, 5.41) is 12.5. The number of sulfone groups is 1. The largest absolute Gasteiger partial charge is 0.351 e. The summed E-state index contributed by atoms with van der Waals surface area (Å²) in [6.45, 7) is 0.0223. The van der Waals surface area contributed by atoms with Gasteiger partial charge in [-0.2, -0.15) is 0 Å². The van der Waals surface area contributed by atoms with Gasteiger partial charge in [0.15, 0.2) is 9.84 Å². The maximum Gasteiger partial charge on any atom is 0.270 e. The van der Waals surface area contributed by atoms with Crippen LogP contribution in [0.15, 0.2) is 18.2 Å². The highest BCUT2D eigenvalue weighted by Crippen LogP contribution is 2.23. The van der Waals surface area contributed by atoms with Gasteiger partial charge in [0.2, 0.25) is 0 Å². The third kappa shape index (κ3) is 3.51. The zero-order chi connectivity index (χ0) is 15.6. The van der Waals surface area contributed by atoms with Crippen molar-refractivity contribution in [1.82, 2.24) is 5.32 Å². The number of amides is 1. The van der Waals surface area contributed by atoms with Crippen molar-refractivity contribution in [3.05, 3.63) is 38.9 Å². The molecule has 2 rings (SSSR count). The second-order valence-corrected chi connectivity index (χ2v) is 7.57. The number of carbonyl (C=O) groups excluding carboxylic acids is 1. The Kier molecular flexibility index (Phi) is 4.48. The van der Waals surface area contributed by atoms with Crippen LogP contribution in [0.1, 0.15) is 23.2 Å². The Morgan fingerprint density at radius 1 is 1.48 bits per heavy atom. The van der Waals surface area contributed by atoms with Crippen molar-refractivity contribution in [3.8, 4) is 0 Å². The van der Waals surface area contributed by atoms with Gasteiger partial charge in [0.25, 0.3) is 11.6 Å². The molecule has 1 fully saturated rings. The third-order valence-corrected chi connectivity index (χ3v) is 5.95. The number of non-ortho nitro benzene ring substituents is 1. The number of nitro benzene ring substituents is 1. The molecule has 0 saturated carbocycles. The summed E-state index contributed by atoms with van der Waals surface area (Å²) >= 11 is 5.84. The average Bonchev–Trinajstić information content (AvgIpc) is 2.74. The van der Waals surface area contributed by atoms with E-state index in [1.807, 2.05) is 0 Å². The van der Waals surface area contributed by atoms with Gasteiger partial charge in [-0.25, -0.2) is 8.42 Å². The Bertz CT molecular complexity index is 689. The lowest BCUT2D eigenvalue weighted by Gasteiger charge is -2.11. The smallest absolute Gasteiger partial charge is 0.270 e. The van der Waals surface area contributed by atoms with Crippen LogP contribution < -0.4 is 5.32 Å². The Morgan fingerprint density at radius 3 is 2.71 bits per heavy atom. The van der Waals surface area contributed by atoms with E-state index in [1.54, 1.807) is 0 Å². The third-order valence-electron chi connectivity index (χ3n) is 3.36. The molecule has 114 valence electrons.